The Bertz CT molecular complexity index is 516. The van der Waals surface area contributed by atoms with E-state index in [0.29, 0.717) is 0 Å². The number of thioether (sulfide) groups is 1. The summed E-state index contributed by atoms with van der Waals surface area (Å²) in [6.45, 7) is 2.05. The maximum absolute atomic E-state index is 11.8. The van der Waals surface area contributed by atoms with Gasteiger partial charge in [-0.1, -0.05) is 30.3 Å². The van der Waals surface area contributed by atoms with E-state index < -0.39 is 0 Å². The highest BCUT2D eigenvalue weighted by molar-refractivity contribution is 8.18. The van der Waals surface area contributed by atoms with Gasteiger partial charge in [0.2, 0.25) is 0 Å². The first-order valence-corrected chi connectivity index (χ1v) is 6.97. The Hall–Kier alpha value is -1.55. The Morgan fingerprint density at radius 3 is 2.61 bits per heavy atom. The molecular weight excluding hydrogens is 244 g/mol. The minimum absolute atomic E-state index is 0.106. The lowest BCUT2D eigenvalue weighted by molar-refractivity contribution is -0.113. The summed E-state index contributed by atoms with van der Waals surface area (Å²) in [5.74, 6) is -0.106. The molecule has 3 rings (SSSR count). The average molecular weight is 258 g/mol. The van der Waals surface area contributed by atoms with E-state index in [4.69, 9.17) is 0 Å². The summed E-state index contributed by atoms with van der Waals surface area (Å²) < 4.78 is 0. The number of hydrogen-bond acceptors (Lipinski definition) is 3. The number of benzene rings is 1. The second kappa shape index (κ2) is 4.98. The lowest BCUT2D eigenvalue weighted by atomic mass is 10.2. The molecular formula is C14H14N2OS. The number of aliphatic imine (C=N–C) groups is 1. The number of amides is 1. The lowest BCUT2D eigenvalue weighted by Crippen LogP contribution is -2.23. The molecule has 1 aromatic carbocycles. The number of hydrogen-bond donors (Lipinski definition) is 0. The molecule has 0 saturated carbocycles. The smallest absolute Gasteiger partial charge is 0.286 e. The van der Waals surface area contributed by atoms with Crippen molar-refractivity contribution in [3.63, 3.8) is 0 Å². The summed E-state index contributed by atoms with van der Waals surface area (Å²) in [5, 5.41) is 0.875. The monoisotopic (exact) mass is 258 g/mol. The van der Waals surface area contributed by atoms with Crippen LogP contribution < -0.4 is 0 Å². The van der Waals surface area contributed by atoms with Crippen molar-refractivity contribution in [2.45, 2.75) is 12.8 Å². The maximum Gasteiger partial charge on any atom is 0.286 e. The Kier molecular flexibility index (Phi) is 3.19. The van der Waals surface area contributed by atoms with E-state index in [1.54, 1.807) is 0 Å². The van der Waals surface area contributed by atoms with Crippen molar-refractivity contribution >= 4 is 28.9 Å². The molecule has 2 aliphatic rings. The fourth-order valence-electron chi connectivity index (χ4n) is 2.14. The number of amidine groups is 1. The summed E-state index contributed by atoms with van der Waals surface area (Å²) in [7, 11) is 0. The maximum atomic E-state index is 11.8. The van der Waals surface area contributed by atoms with Crippen LogP contribution in [0.2, 0.25) is 0 Å². The van der Waals surface area contributed by atoms with Gasteiger partial charge in [-0.2, -0.15) is 4.99 Å². The van der Waals surface area contributed by atoms with Gasteiger partial charge in [0.25, 0.3) is 5.91 Å². The SMILES string of the molecule is O=C1N=C(N2CCCC2)S/C1=C/c1ccccc1. The summed E-state index contributed by atoms with van der Waals surface area (Å²) in [6.07, 6.45) is 4.32. The van der Waals surface area contributed by atoms with Crippen molar-refractivity contribution in [2.75, 3.05) is 13.1 Å². The molecule has 18 heavy (non-hydrogen) atoms. The van der Waals surface area contributed by atoms with E-state index >= 15 is 0 Å². The van der Waals surface area contributed by atoms with Gasteiger partial charge < -0.3 is 4.90 Å². The van der Waals surface area contributed by atoms with Crippen molar-refractivity contribution in [2.24, 2.45) is 4.99 Å². The van der Waals surface area contributed by atoms with Crippen LogP contribution in [0.25, 0.3) is 6.08 Å². The fraction of sp³-hybridized carbons (Fsp3) is 0.286. The first-order valence-electron chi connectivity index (χ1n) is 6.15. The Morgan fingerprint density at radius 2 is 1.89 bits per heavy atom. The van der Waals surface area contributed by atoms with E-state index in [1.807, 2.05) is 36.4 Å². The number of carbonyl (C=O) groups excluding carboxylic acids is 1. The molecule has 0 bridgehead atoms. The third-order valence-corrected chi connectivity index (χ3v) is 4.13. The summed E-state index contributed by atoms with van der Waals surface area (Å²) in [6, 6.07) is 9.90. The van der Waals surface area contributed by atoms with E-state index in [1.165, 1.54) is 24.6 Å². The van der Waals surface area contributed by atoms with Crippen molar-refractivity contribution < 1.29 is 4.79 Å². The second-order valence-corrected chi connectivity index (χ2v) is 5.42. The third-order valence-electron chi connectivity index (χ3n) is 3.08. The molecule has 1 amide bonds. The summed E-state index contributed by atoms with van der Waals surface area (Å²) >= 11 is 1.50. The molecule has 0 unspecified atom stereocenters. The molecule has 3 nitrogen and oxygen atoms in total. The zero-order valence-corrected chi connectivity index (χ0v) is 10.8. The second-order valence-electron chi connectivity index (χ2n) is 4.42. The summed E-state index contributed by atoms with van der Waals surface area (Å²) in [5.41, 5.74) is 1.05. The van der Waals surface area contributed by atoms with Gasteiger partial charge in [-0.15, -0.1) is 0 Å². The Morgan fingerprint density at radius 1 is 1.17 bits per heavy atom. The van der Waals surface area contributed by atoms with Gasteiger partial charge in [-0.25, -0.2) is 0 Å². The van der Waals surface area contributed by atoms with Crippen LogP contribution in [0.5, 0.6) is 0 Å². The largest absolute Gasteiger partial charge is 0.351 e. The molecule has 0 atom stereocenters. The quantitative estimate of drug-likeness (QED) is 0.726. The molecule has 2 heterocycles. The Balaban J connectivity index is 1.77. The number of likely N-dealkylation sites (tertiary alicyclic amines) is 1. The van der Waals surface area contributed by atoms with Crippen LogP contribution in [0.15, 0.2) is 40.2 Å². The molecule has 1 saturated heterocycles. The zero-order valence-electron chi connectivity index (χ0n) is 10.0. The molecule has 1 aromatic rings. The predicted molar refractivity (Wildman–Crippen MR) is 75.3 cm³/mol. The van der Waals surface area contributed by atoms with E-state index in [0.717, 1.165) is 28.7 Å². The minimum atomic E-state index is -0.106. The molecule has 92 valence electrons. The van der Waals surface area contributed by atoms with Crippen LogP contribution in [-0.2, 0) is 4.79 Å². The number of nitrogens with zero attached hydrogens (tertiary/aromatic N) is 2. The lowest BCUT2D eigenvalue weighted by Gasteiger charge is -2.14. The molecule has 0 N–H and O–H groups in total. The molecule has 0 spiro atoms. The van der Waals surface area contributed by atoms with Gasteiger partial charge >= 0.3 is 0 Å². The zero-order chi connectivity index (χ0) is 12.4. The molecule has 0 aromatic heterocycles. The van der Waals surface area contributed by atoms with Gasteiger partial charge in [-0.05, 0) is 36.2 Å². The average Bonchev–Trinajstić information content (AvgIpc) is 3.01. The van der Waals surface area contributed by atoms with Gasteiger partial charge in [0.05, 0.1) is 4.91 Å². The van der Waals surface area contributed by atoms with Crippen molar-refractivity contribution in [1.29, 1.82) is 0 Å². The number of carbonyl (C=O) groups is 1. The first-order chi connectivity index (χ1) is 8.83. The normalized spacial score (nSPS) is 21.8. The van der Waals surface area contributed by atoms with Crippen molar-refractivity contribution in [3.8, 4) is 0 Å². The van der Waals surface area contributed by atoms with Crippen LogP contribution in [0.4, 0.5) is 0 Å². The first kappa shape index (κ1) is 11.5. The minimum Gasteiger partial charge on any atom is -0.351 e. The van der Waals surface area contributed by atoms with E-state index in [2.05, 4.69) is 9.89 Å². The third kappa shape index (κ3) is 2.34. The molecule has 0 aliphatic carbocycles. The highest BCUT2D eigenvalue weighted by Gasteiger charge is 2.27. The van der Waals surface area contributed by atoms with Crippen LogP contribution in [0, 0.1) is 0 Å². The van der Waals surface area contributed by atoms with Gasteiger partial charge in [0.15, 0.2) is 5.17 Å². The van der Waals surface area contributed by atoms with Crippen LogP contribution in [-0.4, -0.2) is 29.1 Å². The van der Waals surface area contributed by atoms with Crippen molar-refractivity contribution in [1.82, 2.24) is 4.90 Å². The highest BCUT2D eigenvalue weighted by Crippen LogP contribution is 2.31. The predicted octanol–water partition coefficient (Wildman–Crippen LogP) is 2.75. The molecule has 2 aliphatic heterocycles. The van der Waals surface area contributed by atoms with Gasteiger partial charge in [-0.3, -0.25) is 4.79 Å². The molecule has 4 heteroatoms. The van der Waals surface area contributed by atoms with Gasteiger partial charge in [0.1, 0.15) is 0 Å². The van der Waals surface area contributed by atoms with Crippen molar-refractivity contribution in [3.05, 3.63) is 40.8 Å². The fourth-order valence-corrected chi connectivity index (χ4v) is 3.11. The topological polar surface area (TPSA) is 32.7 Å². The van der Waals surface area contributed by atoms with Crippen LogP contribution in [0.1, 0.15) is 18.4 Å². The molecule has 1 fully saturated rings. The van der Waals surface area contributed by atoms with E-state index in [9.17, 15) is 4.79 Å². The highest BCUT2D eigenvalue weighted by atomic mass is 32.2. The standard InChI is InChI=1S/C14H14N2OS/c17-13-12(10-11-6-2-1-3-7-11)18-14(15-13)16-8-4-5-9-16/h1-3,6-7,10H,4-5,8-9H2/b12-10+. The van der Waals surface area contributed by atoms with Crippen LogP contribution >= 0.6 is 11.8 Å². The van der Waals surface area contributed by atoms with Crippen LogP contribution in [0.3, 0.4) is 0 Å². The summed E-state index contributed by atoms with van der Waals surface area (Å²) in [4.78, 5) is 18.9. The molecule has 0 radical (unpaired) electrons. The van der Waals surface area contributed by atoms with Gasteiger partial charge in [0, 0.05) is 13.1 Å². The number of rotatable bonds is 1. The Labute approximate surface area is 111 Å². The van der Waals surface area contributed by atoms with E-state index in [-0.39, 0.29) is 5.91 Å².